The Hall–Kier alpha value is -1.95. The summed E-state index contributed by atoms with van der Waals surface area (Å²) in [6, 6.07) is 9.92. The standard InChI is InChI=1S/C26H32Cl2N2O3/c1-32-24-6-5-18(12-25(24)33-2)7-10-29-9-3-4-19(16-29)17-30-11-8-20-13-22(27)23(28)14-21(20)15-26(30)31/h5-6,12-14,19H,3-4,7-11,15-17H2,1-2H3. The molecule has 0 aliphatic carbocycles. The highest BCUT2D eigenvalue weighted by Gasteiger charge is 2.27. The van der Waals surface area contributed by atoms with Gasteiger partial charge in [0.25, 0.3) is 0 Å². The molecule has 1 fully saturated rings. The number of methoxy groups -OCH3 is 2. The molecule has 2 aromatic rings. The predicted molar refractivity (Wildman–Crippen MR) is 133 cm³/mol. The van der Waals surface area contributed by atoms with E-state index in [-0.39, 0.29) is 5.91 Å². The lowest BCUT2D eigenvalue weighted by Crippen LogP contribution is -2.44. The van der Waals surface area contributed by atoms with Crippen molar-refractivity contribution in [2.24, 2.45) is 5.92 Å². The van der Waals surface area contributed by atoms with E-state index >= 15 is 0 Å². The molecule has 1 amide bonds. The second kappa shape index (κ2) is 11.0. The Morgan fingerprint density at radius 1 is 1.00 bits per heavy atom. The van der Waals surface area contributed by atoms with Crippen molar-refractivity contribution in [2.45, 2.75) is 32.1 Å². The van der Waals surface area contributed by atoms with Gasteiger partial charge in [0.1, 0.15) is 0 Å². The van der Waals surface area contributed by atoms with Crippen molar-refractivity contribution in [3.63, 3.8) is 0 Å². The second-order valence-corrected chi connectivity index (χ2v) is 9.86. The Labute approximate surface area is 206 Å². The number of amides is 1. The van der Waals surface area contributed by atoms with Crippen molar-refractivity contribution in [3.05, 3.63) is 57.1 Å². The summed E-state index contributed by atoms with van der Waals surface area (Å²) in [5.41, 5.74) is 3.39. The summed E-state index contributed by atoms with van der Waals surface area (Å²) >= 11 is 12.4. The highest BCUT2D eigenvalue weighted by molar-refractivity contribution is 6.42. The molecule has 0 saturated carbocycles. The third kappa shape index (κ3) is 5.95. The highest BCUT2D eigenvalue weighted by atomic mass is 35.5. The van der Waals surface area contributed by atoms with Crippen molar-refractivity contribution >= 4 is 29.1 Å². The van der Waals surface area contributed by atoms with Gasteiger partial charge in [-0.3, -0.25) is 4.79 Å². The minimum atomic E-state index is 0.189. The van der Waals surface area contributed by atoms with Crippen LogP contribution in [-0.4, -0.2) is 62.7 Å². The number of piperidine rings is 1. The molecule has 1 atom stereocenters. The summed E-state index contributed by atoms with van der Waals surface area (Å²) in [4.78, 5) is 17.5. The van der Waals surface area contributed by atoms with Crippen molar-refractivity contribution in [1.82, 2.24) is 9.80 Å². The summed E-state index contributed by atoms with van der Waals surface area (Å²) in [6.45, 7) is 4.71. The average Bonchev–Trinajstić information content (AvgIpc) is 2.96. The lowest BCUT2D eigenvalue weighted by molar-refractivity contribution is -0.131. The number of rotatable bonds is 7. The van der Waals surface area contributed by atoms with E-state index in [2.05, 4.69) is 17.0 Å². The fraction of sp³-hybridized carbons (Fsp3) is 0.500. The molecular weight excluding hydrogens is 459 g/mol. The number of ether oxygens (including phenoxy) is 2. The molecule has 33 heavy (non-hydrogen) atoms. The van der Waals surface area contributed by atoms with Crippen LogP contribution in [0.1, 0.15) is 29.5 Å². The molecule has 2 aliphatic heterocycles. The van der Waals surface area contributed by atoms with Crippen molar-refractivity contribution in [1.29, 1.82) is 0 Å². The van der Waals surface area contributed by atoms with Gasteiger partial charge in [-0.05, 0) is 79.1 Å². The van der Waals surface area contributed by atoms with Gasteiger partial charge in [0, 0.05) is 26.2 Å². The van der Waals surface area contributed by atoms with Gasteiger partial charge in [-0.1, -0.05) is 29.3 Å². The Balaban J connectivity index is 1.32. The maximum absolute atomic E-state index is 13.0. The van der Waals surface area contributed by atoms with Crippen LogP contribution in [0.25, 0.3) is 0 Å². The number of carbonyl (C=O) groups excluding carboxylic acids is 1. The zero-order valence-electron chi connectivity index (χ0n) is 19.4. The first-order valence-corrected chi connectivity index (χ1v) is 12.4. The van der Waals surface area contributed by atoms with E-state index in [0.717, 1.165) is 68.2 Å². The first-order chi connectivity index (χ1) is 16.0. The number of carbonyl (C=O) groups is 1. The van der Waals surface area contributed by atoms with Crippen LogP contribution in [0.15, 0.2) is 30.3 Å². The molecule has 2 aliphatic rings. The lowest BCUT2D eigenvalue weighted by Gasteiger charge is -2.35. The molecule has 0 bridgehead atoms. The van der Waals surface area contributed by atoms with Crippen LogP contribution < -0.4 is 9.47 Å². The van der Waals surface area contributed by atoms with Gasteiger partial charge in [0.05, 0.1) is 30.7 Å². The predicted octanol–water partition coefficient (Wildman–Crippen LogP) is 4.89. The molecule has 0 N–H and O–H groups in total. The molecule has 2 heterocycles. The first kappa shape index (κ1) is 24.2. The smallest absolute Gasteiger partial charge is 0.227 e. The monoisotopic (exact) mass is 490 g/mol. The first-order valence-electron chi connectivity index (χ1n) is 11.6. The van der Waals surface area contributed by atoms with Gasteiger partial charge in [-0.15, -0.1) is 0 Å². The topological polar surface area (TPSA) is 42.0 Å². The molecule has 2 aromatic carbocycles. The van der Waals surface area contributed by atoms with Gasteiger partial charge in [0.15, 0.2) is 11.5 Å². The molecule has 1 saturated heterocycles. The fourth-order valence-electron chi connectivity index (χ4n) is 5.01. The minimum absolute atomic E-state index is 0.189. The summed E-state index contributed by atoms with van der Waals surface area (Å²) in [5, 5.41) is 1.09. The third-order valence-corrected chi connectivity index (χ3v) is 7.56. The summed E-state index contributed by atoms with van der Waals surface area (Å²) < 4.78 is 10.8. The maximum atomic E-state index is 13.0. The van der Waals surface area contributed by atoms with Crippen molar-refractivity contribution in [2.75, 3.05) is 46.9 Å². The molecule has 0 spiro atoms. The quantitative estimate of drug-likeness (QED) is 0.553. The van der Waals surface area contributed by atoms with Crippen LogP contribution in [-0.2, 0) is 24.1 Å². The van der Waals surface area contributed by atoms with Gasteiger partial charge < -0.3 is 19.3 Å². The van der Waals surface area contributed by atoms with Gasteiger partial charge in [0.2, 0.25) is 5.91 Å². The van der Waals surface area contributed by atoms with Crippen LogP contribution in [0, 0.1) is 5.92 Å². The van der Waals surface area contributed by atoms with E-state index in [1.165, 1.54) is 18.4 Å². The van der Waals surface area contributed by atoms with E-state index in [1.807, 2.05) is 23.1 Å². The normalized spacial score (nSPS) is 19.2. The van der Waals surface area contributed by atoms with Crippen molar-refractivity contribution in [3.8, 4) is 11.5 Å². The van der Waals surface area contributed by atoms with E-state index in [0.29, 0.717) is 22.4 Å². The number of halogens is 2. The molecule has 4 rings (SSSR count). The number of benzene rings is 2. The van der Waals surface area contributed by atoms with Crippen LogP contribution in [0.4, 0.5) is 0 Å². The molecule has 1 unspecified atom stereocenters. The summed E-state index contributed by atoms with van der Waals surface area (Å²) in [6.07, 6.45) is 4.54. The average molecular weight is 491 g/mol. The summed E-state index contributed by atoms with van der Waals surface area (Å²) in [5.74, 6) is 2.22. The summed E-state index contributed by atoms with van der Waals surface area (Å²) in [7, 11) is 3.33. The second-order valence-electron chi connectivity index (χ2n) is 9.05. The lowest BCUT2D eigenvalue weighted by atomic mass is 9.96. The Morgan fingerprint density at radius 2 is 1.76 bits per heavy atom. The Bertz CT molecular complexity index is 998. The number of nitrogens with zero attached hydrogens (tertiary/aromatic N) is 2. The van der Waals surface area contributed by atoms with Crippen LogP contribution in [0.2, 0.25) is 10.0 Å². The number of hydrogen-bond donors (Lipinski definition) is 0. The fourth-order valence-corrected chi connectivity index (χ4v) is 5.39. The van der Waals surface area contributed by atoms with Crippen LogP contribution >= 0.6 is 23.2 Å². The molecular formula is C26H32Cl2N2O3. The Morgan fingerprint density at radius 3 is 2.52 bits per heavy atom. The third-order valence-electron chi connectivity index (χ3n) is 6.83. The SMILES string of the molecule is COc1ccc(CCN2CCCC(CN3CCc4cc(Cl)c(Cl)cc4CC3=O)C2)cc1OC. The highest BCUT2D eigenvalue weighted by Crippen LogP contribution is 2.30. The van der Waals surface area contributed by atoms with E-state index < -0.39 is 0 Å². The number of fused-ring (bicyclic) bond motifs is 1. The molecule has 5 nitrogen and oxygen atoms in total. The molecule has 0 aromatic heterocycles. The van der Waals surface area contributed by atoms with Gasteiger partial charge in [-0.25, -0.2) is 0 Å². The number of hydrogen-bond acceptors (Lipinski definition) is 4. The largest absolute Gasteiger partial charge is 0.493 e. The van der Waals surface area contributed by atoms with Crippen LogP contribution in [0.3, 0.4) is 0 Å². The Kier molecular flexibility index (Phi) is 8.05. The molecule has 7 heteroatoms. The zero-order chi connectivity index (χ0) is 23.4. The molecule has 178 valence electrons. The van der Waals surface area contributed by atoms with Crippen molar-refractivity contribution < 1.29 is 14.3 Å². The van der Waals surface area contributed by atoms with E-state index in [1.54, 1.807) is 14.2 Å². The molecule has 0 radical (unpaired) electrons. The zero-order valence-corrected chi connectivity index (χ0v) is 20.9. The van der Waals surface area contributed by atoms with E-state index in [9.17, 15) is 4.79 Å². The van der Waals surface area contributed by atoms with E-state index in [4.69, 9.17) is 32.7 Å². The van der Waals surface area contributed by atoms with Gasteiger partial charge >= 0.3 is 0 Å². The van der Waals surface area contributed by atoms with Gasteiger partial charge in [-0.2, -0.15) is 0 Å². The maximum Gasteiger partial charge on any atom is 0.227 e. The minimum Gasteiger partial charge on any atom is -0.493 e. The number of likely N-dealkylation sites (tertiary alicyclic amines) is 1. The van der Waals surface area contributed by atoms with Crippen LogP contribution in [0.5, 0.6) is 11.5 Å².